The van der Waals surface area contributed by atoms with E-state index in [-0.39, 0.29) is 6.61 Å². The quantitative estimate of drug-likeness (QED) is 0.692. The van der Waals surface area contributed by atoms with Gasteiger partial charge in [0.15, 0.2) is 0 Å². The van der Waals surface area contributed by atoms with Gasteiger partial charge in [-0.15, -0.1) is 0 Å². The van der Waals surface area contributed by atoms with E-state index in [1.165, 1.54) is 33.4 Å². The van der Waals surface area contributed by atoms with Crippen molar-refractivity contribution < 1.29 is 9.84 Å². The van der Waals surface area contributed by atoms with Gasteiger partial charge < -0.3 is 9.84 Å². The van der Waals surface area contributed by atoms with Crippen LogP contribution >= 0.6 is 0 Å². The molecule has 1 aliphatic rings. The summed E-state index contributed by atoms with van der Waals surface area (Å²) in [5.74, 6) is 1.24. The zero-order valence-electron chi connectivity index (χ0n) is 14.4. The highest BCUT2D eigenvalue weighted by atomic mass is 16.5. The molecule has 0 saturated heterocycles. The van der Waals surface area contributed by atoms with Gasteiger partial charge in [0.25, 0.3) is 0 Å². The number of hydrogen-bond acceptors (Lipinski definition) is 2. The number of aliphatic hydroxyl groups is 1. The fourth-order valence-electron chi connectivity index (χ4n) is 3.95. The molecule has 3 aromatic rings. The zero-order chi connectivity index (χ0) is 17.2. The molecular formula is C23H22O2. The molecular weight excluding hydrogens is 308 g/mol. The van der Waals surface area contributed by atoms with Crippen LogP contribution in [0, 0.1) is 0 Å². The second-order valence-corrected chi connectivity index (χ2v) is 6.41. The molecule has 25 heavy (non-hydrogen) atoms. The van der Waals surface area contributed by atoms with E-state index in [1.807, 2.05) is 12.1 Å². The van der Waals surface area contributed by atoms with Gasteiger partial charge in [-0.05, 0) is 51.9 Å². The molecule has 0 heterocycles. The first-order chi connectivity index (χ1) is 12.3. The molecule has 0 bridgehead atoms. The second-order valence-electron chi connectivity index (χ2n) is 6.41. The molecule has 0 saturated carbocycles. The molecule has 1 N–H and O–H groups in total. The third kappa shape index (κ3) is 2.73. The summed E-state index contributed by atoms with van der Waals surface area (Å²) in [6.45, 7) is 2.62. The lowest BCUT2D eigenvalue weighted by atomic mass is 9.88. The Labute approximate surface area is 148 Å². The molecule has 3 aromatic carbocycles. The Hall–Kier alpha value is -2.58. The zero-order valence-corrected chi connectivity index (χ0v) is 14.4. The van der Waals surface area contributed by atoms with Crippen LogP contribution < -0.4 is 4.74 Å². The van der Waals surface area contributed by atoms with E-state index in [0.717, 1.165) is 12.2 Å². The predicted molar refractivity (Wildman–Crippen MR) is 102 cm³/mol. The Kier molecular flexibility index (Phi) is 4.29. The minimum absolute atomic E-state index is 0.0321. The van der Waals surface area contributed by atoms with Crippen molar-refractivity contribution in [3.05, 3.63) is 77.9 Å². The number of hydrogen-bond donors (Lipinski definition) is 1. The van der Waals surface area contributed by atoms with Crippen molar-refractivity contribution in [2.24, 2.45) is 0 Å². The fraction of sp³-hybridized carbons (Fsp3) is 0.217. The highest BCUT2D eigenvalue weighted by molar-refractivity contribution is 5.86. The molecule has 0 aliphatic heterocycles. The van der Waals surface area contributed by atoms with E-state index < -0.39 is 0 Å². The number of benzene rings is 3. The van der Waals surface area contributed by atoms with Crippen LogP contribution in [0.1, 0.15) is 30.4 Å². The van der Waals surface area contributed by atoms with Crippen molar-refractivity contribution in [3.8, 4) is 28.0 Å². The molecule has 1 atom stereocenters. The molecule has 1 aliphatic carbocycles. The lowest BCUT2D eigenvalue weighted by molar-refractivity contribution is 0.201. The SMILES string of the molecule is CCC1c2ccccc2-c2cccc(-c3ccc(OCCO)cc3)c21. The summed E-state index contributed by atoms with van der Waals surface area (Å²) in [4.78, 5) is 0. The number of rotatable bonds is 5. The Balaban J connectivity index is 1.78. The largest absolute Gasteiger partial charge is 0.491 e. The van der Waals surface area contributed by atoms with Crippen LogP contribution in [0.25, 0.3) is 22.3 Å². The van der Waals surface area contributed by atoms with Crippen LogP contribution in [0.2, 0.25) is 0 Å². The summed E-state index contributed by atoms with van der Waals surface area (Å²) in [5.41, 5.74) is 8.12. The fourth-order valence-corrected chi connectivity index (χ4v) is 3.95. The van der Waals surface area contributed by atoms with Crippen molar-refractivity contribution >= 4 is 0 Å². The van der Waals surface area contributed by atoms with Gasteiger partial charge in [-0.25, -0.2) is 0 Å². The second kappa shape index (κ2) is 6.73. The summed E-state index contributed by atoms with van der Waals surface area (Å²) < 4.78 is 5.48. The molecule has 2 nitrogen and oxygen atoms in total. The summed E-state index contributed by atoms with van der Waals surface area (Å²) in [6.07, 6.45) is 1.10. The highest BCUT2D eigenvalue weighted by Crippen LogP contribution is 2.49. The Bertz CT molecular complexity index is 881. The first kappa shape index (κ1) is 15.9. The van der Waals surface area contributed by atoms with E-state index in [0.29, 0.717) is 12.5 Å². The van der Waals surface area contributed by atoms with Crippen molar-refractivity contribution in [1.82, 2.24) is 0 Å². The smallest absolute Gasteiger partial charge is 0.119 e. The van der Waals surface area contributed by atoms with Crippen LogP contribution in [0.4, 0.5) is 0 Å². The van der Waals surface area contributed by atoms with E-state index in [4.69, 9.17) is 9.84 Å². The summed E-state index contributed by atoms with van der Waals surface area (Å²) in [6, 6.07) is 23.6. The van der Waals surface area contributed by atoms with E-state index >= 15 is 0 Å². The van der Waals surface area contributed by atoms with Gasteiger partial charge in [0, 0.05) is 5.92 Å². The summed E-state index contributed by atoms with van der Waals surface area (Å²) in [7, 11) is 0. The maximum atomic E-state index is 8.88. The minimum atomic E-state index is 0.0321. The lowest BCUT2D eigenvalue weighted by Crippen LogP contribution is -2.01. The molecule has 0 aromatic heterocycles. The summed E-state index contributed by atoms with van der Waals surface area (Å²) >= 11 is 0. The summed E-state index contributed by atoms with van der Waals surface area (Å²) in [5, 5.41) is 8.88. The van der Waals surface area contributed by atoms with Crippen molar-refractivity contribution in [3.63, 3.8) is 0 Å². The van der Waals surface area contributed by atoms with Crippen LogP contribution in [0.5, 0.6) is 5.75 Å². The molecule has 0 spiro atoms. The third-order valence-corrected chi connectivity index (χ3v) is 5.01. The molecule has 2 heteroatoms. The van der Waals surface area contributed by atoms with Gasteiger partial charge in [0.2, 0.25) is 0 Å². The first-order valence-electron chi connectivity index (χ1n) is 8.89. The van der Waals surface area contributed by atoms with Gasteiger partial charge in [0.1, 0.15) is 12.4 Å². The number of aliphatic hydroxyl groups excluding tert-OH is 1. The molecule has 0 radical (unpaired) electrons. The predicted octanol–water partition coefficient (Wildman–Crippen LogP) is 5.25. The molecule has 0 fully saturated rings. The maximum absolute atomic E-state index is 8.88. The van der Waals surface area contributed by atoms with Crippen LogP contribution in [0.3, 0.4) is 0 Å². The van der Waals surface area contributed by atoms with Crippen LogP contribution in [-0.4, -0.2) is 18.3 Å². The first-order valence-corrected chi connectivity index (χ1v) is 8.89. The van der Waals surface area contributed by atoms with Crippen molar-refractivity contribution in [2.45, 2.75) is 19.3 Å². The average molecular weight is 330 g/mol. The standard InChI is InChI=1S/C23H22O2/c1-2-18-20-6-3-4-7-21(20)22-9-5-8-19(23(18)22)16-10-12-17(13-11-16)25-15-14-24/h3-13,18,24H,2,14-15H2,1H3. The van der Waals surface area contributed by atoms with Crippen molar-refractivity contribution in [1.29, 1.82) is 0 Å². The monoisotopic (exact) mass is 330 g/mol. The normalized spacial score (nSPS) is 14.9. The molecule has 126 valence electrons. The Morgan fingerprint density at radius 2 is 1.56 bits per heavy atom. The third-order valence-electron chi connectivity index (χ3n) is 5.01. The minimum Gasteiger partial charge on any atom is -0.491 e. The van der Waals surface area contributed by atoms with Gasteiger partial charge in [-0.3, -0.25) is 0 Å². The van der Waals surface area contributed by atoms with Crippen LogP contribution in [0.15, 0.2) is 66.7 Å². The van der Waals surface area contributed by atoms with Gasteiger partial charge in [-0.2, -0.15) is 0 Å². The Morgan fingerprint density at radius 3 is 2.32 bits per heavy atom. The lowest BCUT2D eigenvalue weighted by Gasteiger charge is -2.16. The molecule has 1 unspecified atom stereocenters. The van der Waals surface area contributed by atoms with E-state index in [9.17, 15) is 0 Å². The Morgan fingerprint density at radius 1 is 0.840 bits per heavy atom. The number of fused-ring (bicyclic) bond motifs is 3. The number of ether oxygens (including phenoxy) is 1. The van der Waals surface area contributed by atoms with E-state index in [2.05, 4.69) is 61.5 Å². The van der Waals surface area contributed by atoms with E-state index in [1.54, 1.807) is 0 Å². The van der Waals surface area contributed by atoms with Gasteiger partial charge >= 0.3 is 0 Å². The average Bonchev–Trinajstić information content (AvgIpc) is 3.00. The van der Waals surface area contributed by atoms with Gasteiger partial charge in [-0.1, -0.05) is 61.5 Å². The maximum Gasteiger partial charge on any atom is 0.119 e. The highest BCUT2D eigenvalue weighted by Gasteiger charge is 2.29. The topological polar surface area (TPSA) is 29.5 Å². The molecule has 0 amide bonds. The van der Waals surface area contributed by atoms with Crippen LogP contribution in [-0.2, 0) is 0 Å². The van der Waals surface area contributed by atoms with Gasteiger partial charge in [0.05, 0.1) is 6.61 Å². The molecule has 4 rings (SSSR count). The van der Waals surface area contributed by atoms with Crippen molar-refractivity contribution in [2.75, 3.05) is 13.2 Å².